The van der Waals surface area contributed by atoms with E-state index in [-0.39, 0.29) is 11.6 Å². The van der Waals surface area contributed by atoms with E-state index in [4.69, 9.17) is 17.3 Å². The molecule has 0 amide bonds. The van der Waals surface area contributed by atoms with Gasteiger partial charge in [0.15, 0.2) is 5.78 Å². The van der Waals surface area contributed by atoms with Crippen LogP contribution in [0.1, 0.15) is 21.5 Å². The molecule has 0 aliphatic carbocycles. The molecule has 29 heavy (non-hydrogen) atoms. The molecule has 0 saturated carbocycles. The van der Waals surface area contributed by atoms with E-state index in [0.717, 1.165) is 37.4 Å². The topological polar surface area (TPSA) is 49.6 Å². The number of hydrogen-bond acceptors (Lipinski definition) is 5. The normalized spacial score (nSPS) is 14.9. The molecule has 0 unspecified atom stereocenters. The standard InChI is InChI=1S/C22H21ClFN3OS/c23-17-6-4-15(5-7-17)21(28)20-16(14-29-22(20)25)13-26-8-10-27(11-9-26)19-3-1-2-18(24)12-19/h1-7,12,14H,8-11,13,25H2. The van der Waals surface area contributed by atoms with E-state index in [0.29, 0.717) is 27.7 Å². The van der Waals surface area contributed by atoms with Crippen molar-refractivity contribution in [1.29, 1.82) is 0 Å². The van der Waals surface area contributed by atoms with E-state index < -0.39 is 0 Å². The fraction of sp³-hybridized carbons (Fsp3) is 0.227. The van der Waals surface area contributed by atoms with Gasteiger partial charge < -0.3 is 10.6 Å². The third-order valence-corrected chi connectivity index (χ3v) is 6.28. The number of anilines is 2. The zero-order valence-corrected chi connectivity index (χ0v) is 17.3. The highest BCUT2D eigenvalue weighted by atomic mass is 35.5. The van der Waals surface area contributed by atoms with Crippen molar-refractivity contribution in [2.75, 3.05) is 36.8 Å². The molecule has 1 saturated heterocycles. The zero-order valence-electron chi connectivity index (χ0n) is 15.8. The van der Waals surface area contributed by atoms with Crippen molar-refractivity contribution in [2.45, 2.75) is 6.54 Å². The van der Waals surface area contributed by atoms with Crippen LogP contribution in [0.2, 0.25) is 5.02 Å². The van der Waals surface area contributed by atoms with Crippen LogP contribution in [0.4, 0.5) is 15.1 Å². The molecular formula is C22H21ClFN3OS. The van der Waals surface area contributed by atoms with E-state index in [1.54, 1.807) is 36.4 Å². The van der Waals surface area contributed by atoms with Gasteiger partial charge in [-0.3, -0.25) is 9.69 Å². The Morgan fingerprint density at radius 1 is 1.10 bits per heavy atom. The van der Waals surface area contributed by atoms with Crippen molar-refractivity contribution in [1.82, 2.24) is 4.90 Å². The Kier molecular flexibility index (Phi) is 5.85. The van der Waals surface area contributed by atoms with Crippen LogP contribution in [0.5, 0.6) is 0 Å². The molecule has 7 heteroatoms. The van der Waals surface area contributed by atoms with Crippen LogP contribution in [0.15, 0.2) is 53.9 Å². The first-order valence-electron chi connectivity index (χ1n) is 9.40. The number of hydrogen-bond donors (Lipinski definition) is 1. The van der Waals surface area contributed by atoms with Gasteiger partial charge in [0.05, 0.1) is 10.6 Å². The van der Waals surface area contributed by atoms with Gasteiger partial charge in [-0.15, -0.1) is 11.3 Å². The summed E-state index contributed by atoms with van der Waals surface area (Å²) < 4.78 is 13.5. The number of carbonyl (C=O) groups is 1. The molecule has 1 aromatic heterocycles. The monoisotopic (exact) mass is 429 g/mol. The summed E-state index contributed by atoms with van der Waals surface area (Å²) in [6.45, 7) is 3.95. The molecule has 1 aliphatic heterocycles. The quantitative estimate of drug-likeness (QED) is 0.598. The fourth-order valence-electron chi connectivity index (χ4n) is 3.61. The second kappa shape index (κ2) is 8.53. The number of carbonyl (C=O) groups excluding carboxylic acids is 1. The maximum absolute atomic E-state index is 13.5. The highest BCUT2D eigenvalue weighted by molar-refractivity contribution is 7.14. The predicted octanol–water partition coefficient (Wildman–Crippen LogP) is 4.68. The Bertz CT molecular complexity index is 1010. The largest absolute Gasteiger partial charge is 0.390 e. The van der Waals surface area contributed by atoms with Gasteiger partial charge in [-0.1, -0.05) is 17.7 Å². The molecule has 4 nitrogen and oxygen atoms in total. The van der Waals surface area contributed by atoms with Crippen LogP contribution in [0.3, 0.4) is 0 Å². The van der Waals surface area contributed by atoms with Crippen molar-refractivity contribution in [2.24, 2.45) is 0 Å². The summed E-state index contributed by atoms with van der Waals surface area (Å²) in [7, 11) is 0. The lowest BCUT2D eigenvalue weighted by Crippen LogP contribution is -2.46. The van der Waals surface area contributed by atoms with Gasteiger partial charge in [0, 0.05) is 49.0 Å². The molecule has 2 aromatic carbocycles. The lowest BCUT2D eigenvalue weighted by molar-refractivity contribution is 0.103. The summed E-state index contributed by atoms with van der Waals surface area (Å²) >= 11 is 7.33. The van der Waals surface area contributed by atoms with Crippen molar-refractivity contribution in [3.8, 4) is 0 Å². The molecule has 2 N–H and O–H groups in total. The number of nitrogens with two attached hydrogens (primary N) is 1. The molecule has 0 atom stereocenters. The predicted molar refractivity (Wildman–Crippen MR) is 118 cm³/mol. The smallest absolute Gasteiger partial charge is 0.196 e. The number of thiophene rings is 1. The Hall–Kier alpha value is -2.41. The fourth-order valence-corrected chi connectivity index (χ4v) is 4.54. The SMILES string of the molecule is Nc1scc(CN2CCN(c3cccc(F)c3)CC2)c1C(=O)c1ccc(Cl)cc1. The van der Waals surface area contributed by atoms with Crippen LogP contribution >= 0.6 is 22.9 Å². The maximum atomic E-state index is 13.5. The van der Waals surface area contributed by atoms with Gasteiger partial charge in [-0.05, 0) is 53.4 Å². The summed E-state index contributed by atoms with van der Waals surface area (Å²) in [4.78, 5) is 17.5. The van der Waals surface area contributed by atoms with Crippen molar-refractivity contribution in [3.63, 3.8) is 0 Å². The minimum absolute atomic E-state index is 0.0752. The minimum Gasteiger partial charge on any atom is -0.390 e. The second-order valence-electron chi connectivity index (χ2n) is 7.08. The Labute approximate surface area is 178 Å². The number of piperazine rings is 1. The first-order valence-corrected chi connectivity index (χ1v) is 10.7. The van der Waals surface area contributed by atoms with Gasteiger partial charge in [0.25, 0.3) is 0 Å². The number of nitrogens with zero attached hydrogens (tertiary/aromatic N) is 2. The average molecular weight is 430 g/mol. The highest BCUT2D eigenvalue weighted by Gasteiger charge is 2.23. The van der Waals surface area contributed by atoms with Gasteiger partial charge in [-0.25, -0.2) is 4.39 Å². The van der Waals surface area contributed by atoms with Crippen LogP contribution in [0.25, 0.3) is 0 Å². The van der Waals surface area contributed by atoms with E-state index in [2.05, 4.69) is 9.80 Å². The molecular weight excluding hydrogens is 409 g/mol. The van der Waals surface area contributed by atoms with Crippen LogP contribution in [-0.2, 0) is 6.54 Å². The van der Waals surface area contributed by atoms with Gasteiger partial charge in [0.1, 0.15) is 5.82 Å². The van der Waals surface area contributed by atoms with Gasteiger partial charge >= 0.3 is 0 Å². The summed E-state index contributed by atoms with van der Waals surface area (Å²) in [5, 5.41) is 3.10. The third kappa shape index (κ3) is 4.45. The first-order chi connectivity index (χ1) is 14.0. The average Bonchev–Trinajstić information content (AvgIpc) is 3.08. The molecule has 150 valence electrons. The molecule has 4 rings (SSSR count). The molecule has 2 heterocycles. The van der Waals surface area contributed by atoms with Crippen molar-refractivity contribution in [3.05, 3.63) is 81.4 Å². The Balaban J connectivity index is 1.45. The second-order valence-corrected chi connectivity index (χ2v) is 8.43. The van der Waals surface area contributed by atoms with Crippen LogP contribution in [-0.4, -0.2) is 36.9 Å². The Morgan fingerprint density at radius 3 is 2.52 bits per heavy atom. The molecule has 0 bridgehead atoms. The van der Waals surface area contributed by atoms with E-state index in [9.17, 15) is 9.18 Å². The lowest BCUT2D eigenvalue weighted by Gasteiger charge is -2.36. The van der Waals surface area contributed by atoms with Crippen LogP contribution in [0, 0.1) is 5.82 Å². The molecule has 3 aromatic rings. The van der Waals surface area contributed by atoms with Crippen molar-refractivity contribution < 1.29 is 9.18 Å². The summed E-state index contributed by atoms with van der Waals surface area (Å²) in [6, 6.07) is 13.6. The van der Waals surface area contributed by atoms with E-state index in [1.165, 1.54) is 17.4 Å². The molecule has 0 spiro atoms. The van der Waals surface area contributed by atoms with Crippen molar-refractivity contribution >= 4 is 39.4 Å². The highest BCUT2D eigenvalue weighted by Crippen LogP contribution is 2.30. The number of halogens is 2. The molecule has 1 aliphatic rings. The number of rotatable bonds is 5. The van der Waals surface area contributed by atoms with E-state index >= 15 is 0 Å². The molecule has 1 fully saturated rings. The number of benzene rings is 2. The third-order valence-electron chi connectivity index (χ3n) is 5.17. The summed E-state index contributed by atoms with van der Waals surface area (Å²) in [5.74, 6) is -0.294. The van der Waals surface area contributed by atoms with E-state index in [1.807, 2.05) is 11.4 Å². The lowest BCUT2D eigenvalue weighted by atomic mass is 10.0. The van der Waals surface area contributed by atoms with Gasteiger partial charge in [0.2, 0.25) is 0 Å². The first kappa shape index (κ1) is 19.9. The number of ketones is 1. The molecule has 0 radical (unpaired) electrons. The zero-order chi connectivity index (χ0) is 20.4. The summed E-state index contributed by atoms with van der Waals surface area (Å²) in [6.07, 6.45) is 0. The number of nitrogen functional groups attached to an aromatic ring is 1. The van der Waals surface area contributed by atoms with Crippen LogP contribution < -0.4 is 10.6 Å². The maximum Gasteiger partial charge on any atom is 0.196 e. The minimum atomic E-state index is -0.218. The van der Waals surface area contributed by atoms with Gasteiger partial charge in [-0.2, -0.15) is 0 Å². The Morgan fingerprint density at radius 2 is 1.83 bits per heavy atom. The summed E-state index contributed by atoms with van der Waals surface area (Å²) in [5.41, 5.74) is 9.16.